The molecule has 0 radical (unpaired) electrons. The predicted molar refractivity (Wildman–Crippen MR) is 104 cm³/mol. The van der Waals surface area contributed by atoms with Crippen LogP contribution in [0, 0.1) is 0 Å². The molecule has 0 aliphatic heterocycles. The number of hydrogen-bond donors (Lipinski definition) is 2. The molecule has 2 rings (SSSR count). The van der Waals surface area contributed by atoms with E-state index in [1.807, 2.05) is 36.4 Å². The van der Waals surface area contributed by atoms with E-state index in [0.29, 0.717) is 12.2 Å². The number of nitrogens with two attached hydrogens (primary N) is 1. The lowest BCUT2D eigenvalue weighted by molar-refractivity contribution is -0.140. The molecule has 0 aliphatic carbocycles. The van der Waals surface area contributed by atoms with Crippen molar-refractivity contribution >= 4 is 23.6 Å². The topological polar surface area (TPSA) is 76.7 Å². The molecule has 130 valence electrons. The maximum absolute atomic E-state index is 11.3. The van der Waals surface area contributed by atoms with Crippen molar-refractivity contribution < 1.29 is 9.53 Å². The van der Waals surface area contributed by atoms with Gasteiger partial charge in [-0.2, -0.15) is 0 Å². The number of hydrogen-bond acceptors (Lipinski definition) is 5. The van der Waals surface area contributed by atoms with Crippen LogP contribution in [0.1, 0.15) is 12.0 Å². The standard InChI is InChI=1S/C20H23N3O2/c1-22-12-10-18(21)17-14-16(15-6-4-3-5-7-15)8-9-19(17)23-13-11-20(24)25-2/h3-10,12,14,23H,11,13,21H2,1-2H3/b18-10-,22-12?. The molecule has 5 heteroatoms. The van der Waals surface area contributed by atoms with Crippen LogP contribution in [0.25, 0.3) is 16.8 Å². The quantitative estimate of drug-likeness (QED) is 0.600. The highest BCUT2D eigenvalue weighted by Crippen LogP contribution is 2.28. The monoisotopic (exact) mass is 337 g/mol. The maximum Gasteiger partial charge on any atom is 0.307 e. The number of anilines is 1. The molecule has 0 spiro atoms. The fourth-order valence-electron chi connectivity index (χ4n) is 2.39. The van der Waals surface area contributed by atoms with Crippen LogP contribution < -0.4 is 11.1 Å². The average molecular weight is 337 g/mol. The highest BCUT2D eigenvalue weighted by atomic mass is 16.5. The molecule has 3 N–H and O–H groups in total. The Bertz CT molecular complexity index is 768. The first kappa shape index (κ1) is 18.3. The average Bonchev–Trinajstić information content (AvgIpc) is 2.66. The van der Waals surface area contributed by atoms with Crippen LogP contribution in [0.3, 0.4) is 0 Å². The number of methoxy groups -OCH3 is 1. The number of esters is 1. The van der Waals surface area contributed by atoms with Crippen molar-refractivity contribution in [1.82, 2.24) is 0 Å². The Labute approximate surface area is 148 Å². The van der Waals surface area contributed by atoms with Crippen LogP contribution in [-0.4, -0.2) is 32.9 Å². The highest BCUT2D eigenvalue weighted by molar-refractivity contribution is 5.88. The largest absolute Gasteiger partial charge is 0.469 e. The van der Waals surface area contributed by atoms with Crippen LogP contribution in [0.5, 0.6) is 0 Å². The van der Waals surface area contributed by atoms with Gasteiger partial charge in [0.05, 0.1) is 13.5 Å². The Morgan fingerprint density at radius 1 is 1.20 bits per heavy atom. The fourth-order valence-corrected chi connectivity index (χ4v) is 2.39. The number of carbonyl (C=O) groups is 1. The van der Waals surface area contributed by atoms with Gasteiger partial charge in [-0.3, -0.25) is 9.79 Å². The Hall–Kier alpha value is -3.08. The second kappa shape index (κ2) is 9.27. The molecular formula is C20H23N3O2. The third-order valence-corrected chi connectivity index (χ3v) is 3.71. The van der Waals surface area contributed by atoms with Gasteiger partial charge in [0, 0.05) is 36.8 Å². The van der Waals surface area contributed by atoms with Crippen molar-refractivity contribution in [2.75, 3.05) is 26.0 Å². The maximum atomic E-state index is 11.3. The van der Waals surface area contributed by atoms with Gasteiger partial charge in [0.25, 0.3) is 0 Å². The van der Waals surface area contributed by atoms with Gasteiger partial charge in [0.15, 0.2) is 0 Å². The Morgan fingerprint density at radius 2 is 1.96 bits per heavy atom. The molecule has 0 aliphatic rings. The third kappa shape index (κ3) is 5.21. The van der Waals surface area contributed by atoms with Crippen molar-refractivity contribution in [2.24, 2.45) is 10.7 Å². The highest BCUT2D eigenvalue weighted by Gasteiger charge is 2.09. The van der Waals surface area contributed by atoms with E-state index in [0.717, 1.165) is 22.4 Å². The summed E-state index contributed by atoms with van der Waals surface area (Å²) in [4.78, 5) is 15.2. The molecule has 0 heterocycles. The van der Waals surface area contributed by atoms with Gasteiger partial charge < -0.3 is 15.8 Å². The van der Waals surface area contributed by atoms with Crippen LogP contribution in [0.15, 0.2) is 59.6 Å². The smallest absolute Gasteiger partial charge is 0.307 e. The molecule has 0 aromatic heterocycles. The molecule has 2 aromatic rings. The van der Waals surface area contributed by atoms with E-state index >= 15 is 0 Å². The third-order valence-electron chi connectivity index (χ3n) is 3.71. The van der Waals surface area contributed by atoms with Crippen LogP contribution in [0.2, 0.25) is 0 Å². The van der Waals surface area contributed by atoms with Crippen molar-refractivity contribution in [3.63, 3.8) is 0 Å². The Morgan fingerprint density at radius 3 is 2.64 bits per heavy atom. The summed E-state index contributed by atoms with van der Waals surface area (Å²) < 4.78 is 4.66. The molecule has 0 saturated carbocycles. The first-order valence-corrected chi connectivity index (χ1v) is 8.04. The summed E-state index contributed by atoms with van der Waals surface area (Å²) in [6.07, 6.45) is 3.70. The van der Waals surface area contributed by atoms with E-state index in [-0.39, 0.29) is 12.4 Å². The number of nitrogens with zero attached hydrogens (tertiary/aromatic N) is 1. The van der Waals surface area contributed by atoms with E-state index in [1.54, 1.807) is 19.3 Å². The summed E-state index contributed by atoms with van der Waals surface area (Å²) in [5, 5.41) is 3.25. The minimum Gasteiger partial charge on any atom is -0.469 e. The molecule has 0 bridgehead atoms. The van der Waals surface area contributed by atoms with Crippen molar-refractivity contribution in [1.29, 1.82) is 0 Å². The summed E-state index contributed by atoms with van der Waals surface area (Å²) in [5.41, 5.74) is 10.7. The first-order chi connectivity index (χ1) is 12.2. The fraction of sp³-hybridized carbons (Fsp3) is 0.200. The Balaban J connectivity index is 2.33. The Kier molecular flexibility index (Phi) is 6.77. The first-order valence-electron chi connectivity index (χ1n) is 8.04. The van der Waals surface area contributed by atoms with E-state index in [9.17, 15) is 4.79 Å². The molecule has 25 heavy (non-hydrogen) atoms. The number of carbonyl (C=O) groups excluding carboxylic acids is 1. The minimum absolute atomic E-state index is 0.253. The summed E-state index contributed by atoms with van der Waals surface area (Å²) in [6.45, 7) is 0.472. The number of ether oxygens (including phenoxy) is 1. The number of aliphatic imine (C=N–C) groups is 1. The zero-order valence-corrected chi connectivity index (χ0v) is 14.5. The van der Waals surface area contributed by atoms with Crippen LogP contribution in [0.4, 0.5) is 5.69 Å². The molecule has 2 aromatic carbocycles. The molecule has 0 atom stereocenters. The molecular weight excluding hydrogens is 314 g/mol. The number of benzene rings is 2. The molecule has 0 amide bonds. The lowest BCUT2D eigenvalue weighted by atomic mass is 10.00. The zero-order valence-electron chi connectivity index (χ0n) is 14.5. The van der Waals surface area contributed by atoms with E-state index in [4.69, 9.17) is 5.73 Å². The molecule has 5 nitrogen and oxygen atoms in total. The zero-order chi connectivity index (χ0) is 18.1. The second-order valence-corrected chi connectivity index (χ2v) is 5.41. The lowest BCUT2D eigenvalue weighted by Crippen LogP contribution is -2.11. The SMILES string of the molecule is CN=C/C=C(\N)c1cc(-c2ccccc2)ccc1NCCC(=O)OC. The lowest BCUT2D eigenvalue weighted by Gasteiger charge is -2.14. The van der Waals surface area contributed by atoms with Crippen molar-refractivity contribution in [3.05, 3.63) is 60.2 Å². The van der Waals surface area contributed by atoms with Crippen LogP contribution in [-0.2, 0) is 9.53 Å². The molecule has 0 saturated heterocycles. The summed E-state index contributed by atoms with van der Waals surface area (Å²) in [7, 11) is 3.08. The number of rotatable bonds is 7. The van der Waals surface area contributed by atoms with E-state index in [1.165, 1.54) is 7.11 Å². The van der Waals surface area contributed by atoms with Gasteiger partial charge in [-0.25, -0.2) is 0 Å². The van der Waals surface area contributed by atoms with Gasteiger partial charge in [0.1, 0.15) is 0 Å². The molecule has 0 fully saturated rings. The molecule has 0 unspecified atom stereocenters. The number of allylic oxidation sites excluding steroid dienone is 1. The van der Waals surface area contributed by atoms with Gasteiger partial charge in [-0.1, -0.05) is 36.4 Å². The predicted octanol–water partition coefficient (Wildman–Crippen LogP) is 3.33. The van der Waals surface area contributed by atoms with E-state index < -0.39 is 0 Å². The summed E-state index contributed by atoms with van der Waals surface area (Å²) >= 11 is 0. The van der Waals surface area contributed by atoms with Gasteiger partial charge >= 0.3 is 5.97 Å². The van der Waals surface area contributed by atoms with Crippen molar-refractivity contribution in [2.45, 2.75) is 6.42 Å². The second-order valence-electron chi connectivity index (χ2n) is 5.41. The van der Waals surface area contributed by atoms with Gasteiger partial charge in [0.2, 0.25) is 0 Å². The van der Waals surface area contributed by atoms with Crippen LogP contribution >= 0.6 is 0 Å². The summed E-state index contributed by atoms with van der Waals surface area (Å²) in [5.74, 6) is -0.253. The van der Waals surface area contributed by atoms with Crippen molar-refractivity contribution in [3.8, 4) is 11.1 Å². The van der Waals surface area contributed by atoms with Gasteiger partial charge in [-0.05, 0) is 29.3 Å². The van der Waals surface area contributed by atoms with Gasteiger partial charge in [-0.15, -0.1) is 0 Å². The van der Waals surface area contributed by atoms with E-state index in [2.05, 4.69) is 27.2 Å². The minimum atomic E-state index is -0.253. The summed E-state index contributed by atoms with van der Waals surface area (Å²) in [6, 6.07) is 16.1. The number of nitrogens with one attached hydrogen (secondary N) is 1. The normalized spacial score (nSPS) is 11.5.